The van der Waals surface area contributed by atoms with Crippen molar-refractivity contribution < 1.29 is 9.53 Å². The Morgan fingerprint density at radius 3 is 2.40 bits per heavy atom. The fourth-order valence-corrected chi connectivity index (χ4v) is 1.28. The number of amides is 1. The molecule has 0 aliphatic rings. The summed E-state index contributed by atoms with van der Waals surface area (Å²) in [6.07, 6.45) is 1.56. The molecule has 4 nitrogen and oxygen atoms in total. The first kappa shape index (κ1) is 14.4. The van der Waals surface area contributed by atoms with Crippen molar-refractivity contribution in [1.82, 2.24) is 5.32 Å². The van der Waals surface area contributed by atoms with E-state index in [1.807, 2.05) is 20.8 Å². The van der Waals surface area contributed by atoms with E-state index >= 15 is 0 Å². The number of methoxy groups -OCH3 is 1. The van der Waals surface area contributed by atoms with E-state index in [4.69, 9.17) is 10.5 Å². The molecule has 0 heterocycles. The van der Waals surface area contributed by atoms with Gasteiger partial charge in [0.2, 0.25) is 5.91 Å². The first-order chi connectivity index (χ1) is 6.82. The van der Waals surface area contributed by atoms with Gasteiger partial charge in [0.15, 0.2) is 0 Å². The number of nitrogens with one attached hydrogen (secondary N) is 1. The highest BCUT2D eigenvalue weighted by Crippen LogP contribution is 2.16. The molecular weight excluding hydrogens is 192 g/mol. The summed E-state index contributed by atoms with van der Waals surface area (Å²) in [7, 11) is 1.64. The lowest BCUT2D eigenvalue weighted by molar-refractivity contribution is -0.122. The molecule has 0 spiro atoms. The Morgan fingerprint density at radius 1 is 1.53 bits per heavy atom. The predicted molar refractivity (Wildman–Crippen MR) is 61.6 cm³/mol. The van der Waals surface area contributed by atoms with Crippen LogP contribution in [0.2, 0.25) is 0 Å². The van der Waals surface area contributed by atoms with Gasteiger partial charge >= 0.3 is 0 Å². The Hall–Kier alpha value is -0.610. The van der Waals surface area contributed by atoms with Crippen molar-refractivity contribution in [2.45, 2.75) is 58.2 Å². The van der Waals surface area contributed by atoms with Crippen LogP contribution in [0.15, 0.2) is 0 Å². The van der Waals surface area contributed by atoms with E-state index < -0.39 is 0 Å². The van der Waals surface area contributed by atoms with Gasteiger partial charge in [0, 0.05) is 19.6 Å². The summed E-state index contributed by atoms with van der Waals surface area (Å²) in [6.45, 7) is 8.00. The zero-order valence-corrected chi connectivity index (χ0v) is 10.5. The van der Waals surface area contributed by atoms with E-state index in [1.54, 1.807) is 7.11 Å². The SMILES string of the molecule is CCC(C)NC(CC(C)(C)OC)C(N)=O. The first-order valence-corrected chi connectivity index (χ1v) is 5.43. The van der Waals surface area contributed by atoms with Gasteiger partial charge in [-0.15, -0.1) is 0 Å². The molecule has 3 N–H and O–H groups in total. The smallest absolute Gasteiger partial charge is 0.234 e. The van der Waals surface area contributed by atoms with Crippen molar-refractivity contribution in [1.29, 1.82) is 0 Å². The molecule has 0 aliphatic heterocycles. The summed E-state index contributed by atoms with van der Waals surface area (Å²) >= 11 is 0. The quantitative estimate of drug-likeness (QED) is 0.668. The van der Waals surface area contributed by atoms with Gasteiger partial charge in [-0.05, 0) is 27.2 Å². The van der Waals surface area contributed by atoms with E-state index in [2.05, 4.69) is 12.2 Å². The van der Waals surface area contributed by atoms with E-state index in [9.17, 15) is 4.79 Å². The minimum atomic E-state index is -0.333. The van der Waals surface area contributed by atoms with E-state index in [0.29, 0.717) is 6.42 Å². The Kier molecular flexibility index (Phi) is 5.83. The number of ether oxygens (including phenoxy) is 1. The standard InChI is InChI=1S/C11H24N2O2/c1-6-8(2)13-9(10(12)14)7-11(3,4)15-5/h8-9,13H,6-7H2,1-5H3,(H2,12,14). The van der Waals surface area contributed by atoms with Crippen molar-refractivity contribution in [3.05, 3.63) is 0 Å². The third-order valence-electron chi connectivity index (χ3n) is 2.69. The monoisotopic (exact) mass is 216 g/mol. The lowest BCUT2D eigenvalue weighted by Crippen LogP contribution is -2.49. The van der Waals surface area contributed by atoms with Crippen LogP contribution in [0.3, 0.4) is 0 Å². The van der Waals surface area contributed by atoms with Crippen LogP contribution in [-0.2, 0) is 9.53 Å². The third kappa shape index (κ3) is 5.74. The molecule has 0 aromatic heterocycles. The molecule has 0 rings (SSSR count). The Bertz CT molecular complexity index is 205. The predicted octanol–water partition coefficient (Wildman–Crippen LogP) is 1.04. The van der Waals surface area contributed by atoms with Crippen LogP contribution in [0, 0.1) is 0 Å². The molecule has 2 unspecified atom stereocenters. The van der Waals surface area contributed by atoms with Crippen molar-refractivity contribution in [3.8, 4) is 0 Å². The molecule has 1 amide bonds. The second-order valence-corrected chi connectivity index (χ2v) is 4.60. The molecule has 0 saturated carbocycles. The van der Waals surface area contributed by atoms with Gasteiger partial charge in [-0.3, -0.25) is 4.79 Å². The molecule has 0 aliphatic carbocycles. The van der Waals surface area contributed by atoms with Crippen LogP contribution in [0.1, 0.15) is 40.5 Å². The van der Waals surface area contributed by atoms with Gasteiger partial charge in [-0.1, -0.05) is 6.92 Å². The fraction of sp³-hybridized carbons (Fsp3) is 0.909. The molecule has 0 radical (unpaired) electrons. The van der Waals surface area contributed by atoms with Crippen LogP contribution in [-0.4, -0.2) is 30.7 Å². The van der Waals surface area contributed by atoms with E-state index in [-0.39, 0.29) is 23.6 Å². The largest absolute Gasteiger partial charge is 0.379 e. The number of nitrogens with two attached hydrogens (primary N) is 1. The Balaban J connectivity index is 4.35. The van der Waals surface area contributed by atoms with Crippen molar-refractivity contribution >= 4 is 5.91 Å². The molecule has 0 bridgehead atoms. The molecule has 0 aromatic rings. The van der Waals surface area contributed by atoms with Gasteiger partial charge in [-0.2, -0.15) is 0 Å². The van der Waals surface area contributed by atoms with Crippen LogP contribution >= 0.6 is 0 Å². The van der Waals surface area contributed by atoms with Gasteiger partial charge in [-0.25, -0.2) is 0 Å². The van der Waals surface area contributed by atoms with Gasteiger partial charge in [0.1, 0.15) is 0 Å². The Labute approximate surface area is 92.6 Å². The second-order valence-electron chi connectivity index (χ2n) is 4.60. The molecule has 0 aromatic carbocycles. The van der Waals surface area contributed by atoms with Crippen LogP contribution in [0.25, 0.3) is 0 Å². The number of primary amides is 1. The third-order valence-corrected chi connectivity index (χ3v) is 2.69. The number of carbonyl (C=O) groups excluding carboxylic acids is 1. The summed E-state index contributed by atoms with van der Waals surface area (Å²) in [5.74, 6) is -0.319. The highest BCUT2D eigenvalue weighted by Gasteiger charge is 2.26. The van der Waals surface area contributed by atoms with Gasteiger partial charge in [0.05, 0.1) is 11.6 Å². The molecule has 2 atom stereocenters. The average Bonchev–Trinajstić information content (AvgIpc) is 2.16. The zero-order valence-electron chi connectivity index (χ0n) is 10.5. The van der Waals surface area contributed by atoms with Gasteiger partial charge in [0.25, 0.3) is 0 Å². The maximum absolute atomic E-state index is 11.2. The summed E-state index contributed by atoms with van der Waals surface area (Å²) in [5, 5.41) is 3.20. The van der Waals surface area contributed by atoms with Crippen molar-refractivity contribution in [3.63, 3.8) is 0 Å². The van der Waals surface area contributed by atoms with Crippen molar-refractivity contribution in [2.24, 2.45) is 5.73 Å². The average molecular weight is 216 g/mol. The summed E-state index contributed by atoms with van der Waals surface area (Å²) in [6, 6.07) is -0.0370. The maximum atomic E-state index is 11.2. The summed E-state index contributed by atoms with van der Waals surface area (Å²) < 4.78 is 5.29. The molecule has 90 valence electrons. The molecule has 0 fully saturated rings. The molecule has 0 saturated heterocycles. The second kappa shape index (κ2) is 6.08. The zero-order chi connectivity index (χ0) is 12.1. The van der Waals surface area contributed by atoms with Gasteiger partial charge < -0.3 is 15.8 Å². The minimum Gasteiger partial charge on any atom is -0.379 e. The number of hydrogen-bond donors (Lipinski definition) is 2. The summed E-state index contributed by atoms with van der Waals surface area (Å²) in [5.41, 5.74) is 5.01. The van der Waals surface area contributed by atoms with E-state index in [0.717, 1.165) is 6.42 Å². The highest BCUT2D eigenvalue weighted by molar-refractivity contribution is 5.80. The number of rotatable bonds is 7. The summed E-state index contributed by atoms with van der Waals surface area (Å²) in [4.78, 5) is 11.2. The first-order valence-electron chi connectivity index (χ1n) is 5.43. The fourth-order valence-electron chi connectivity index (χ4n) is 1.28. The normalized spacial score (nSPS) is 16.1. The highest BCUT2D eigenvalue weighted by atomic mass is 16.5. The Morgan fingerprint density at radius 2 is 2.07 bits per heavy atom. The molecule has 15 heavy (non-hydrogen) atoms. The molecule has 4 heteroatoms. The lowest BCUT2D eigenvalue weighted by Gasteiger charge is -2.29. The van der Waals surface area contributed by atoms with Crippen LogP contribution < -0.4 is 11.1 Å². The minimum absolute atomic E-state index is 0.287. The topological polar surface area (TPSA) is 64.3 Å². The number of hydrogen-bond acceptors (Lipinski definition) is 3. The van der Waals surface area contributed by atoms with Crippen molar-refractivity contribution in [2.75, 3.05) is 7.11 Å². The van der Waals surface area contributed by atoms with Crippen LogP contribution in [0.4, 0.5) is 0 Å². The molecular formula is C11H24N2O2. The van der Waals surface area contributed by atoms with E-state index in [1.165, 1.54) is 0 Å². The lowest BCUT2D eigenvalue weighted by atomic mass is 9.97. The maximum Gasteiger partial charge on any atom is 0.234 e. The van der Waals surface area contributed by atoms with Crippen LogP contribution in [0.5, 0.6) is 0 Å². The number of carbonyl (C=O) groups is 1.